The fourth-order valence-electron chi connectivity index (χ4n) is 3.15. The number of esters is 1. The first kappa shape index (κ1) is 19.3. The number of hydrogen-bond acceptors (Lipinski definition) is 6. The molecule has 0 spiro atoms. The summed E-state index contributed by atoms with van der Waals surface area (Å²) in [6.45, 7) is 0. The average molecular weight is 402 g/mol. The molecule has 0 aliphatic rings. The third-order valence-corrected chi connectivity index (χ3v) is 4.60. The monoisotopic (exact) mass is 402 g/mol. The van der Waals surface area contributed by atoms with E-state index in [1.165, 1.54) is 26.4 Å². The van der Waals surface area contributed by atoms with Gasteiger partial charge in [0.2, 0.25) is 0 Å². The van der Waals surface area contributed by atoms with Crippen molar-refractivity contribution in [3.05, 3.63) is 88.8 Å². The predicted molar refractivity (Wildman–Crippen MR) is 112 cm³/mol. The molecule has 6 heteroatoms. The van der Waals surface area contributed by atoms with E-state index in [-0.39, 0.29) is 11.3 Å². The van der Waals surface area contributed by atoms with Crippen LogP contribution in [0.15, 0.2) is 82.0 Å². The van der Waals surface area contributed by atoms with Crippen LogP contribution < -0.4 is 19.8 Å². The van der Waals surface area contributed by atoms with Crippen molar-refractivity contribution in [2.24, 2.45) is 0 Å². The Balaban J connectivity index is 1.70. The first-order valence-corrected chi connectivity index (χ1v) is 9.16. The van der Waals surface area contributed by atoms with Crippen LogP contribution in [-0.2, 0) is 0 Å². The Morgan fingerprint density at radius 2 is 1.50 bits per heavy atom. The van der Waals surface area contributed by atoms with Crippen LogP contribution in [-0.4, -0.2) is 20.2 Å². The summed E-state index contributed by atoms with van der Waals surface area (Å²) in [5.74, 6) is 0.604. The molecule has 1 heterocycles. The molecule has 0 N–H and O–H groups in total. The standard InChI is InChI=1S/C24H18O6/c1-27-18-10-16(11-19(12-18)28-2)24(26)29-17-8-9-20-21(15-6-4-3-5-7-15)14-23(25)30-22(20)13-17/h3-14H,1-2H3. The van der Waals surface area contributed by atoms with Crippen LogP contribution in [0.5, 0.6) is 17.2 Å². The van der Waals surface area contributed by atoms with E-state index in [4.69, 9.17) is 18.6 Å². The van der Waals surface area contributed by atoms with Crippen LogP contribution in [0.3, 0.4) is 0 Å². The minimum atomic E-state index is -0.590. The van der Waals surface area contributed by atoms with E-state index >= 15 is 0 Å². The molecule has 3 aromatic carbocycles. The molecule has 0 fully saturated rings. The summed E-state index contributed by atoms with van der Waals surface area (Å²) in [5, 5.41) is 0.739. The van der Waals surface area contributed by atoms with Crippen LogP contribution in [0.4, 0.5) is 0 Å². The molecule has 0 saturated heterocycles. The molecule has 0 unspecified atom stereocenters. The van der Waals surface area contributed by atoms with Crippen molar-refractivity contribution in [2.75, 3.05) is 14.2 Å². The highest BCUT2D eigenvalue weighted by atomic mass is 16.5. The maximum absolute atomic E-state index is 12.6. The van der Waals surface area contributed by atoms with Gasteiger partial charge in [-0.1, -0.05) is 30.3 Å². The van der Waals surface area contributed by atoms with Gasteiger partial charge < -0.3 is 18.6 Å². The maximum Gasteiger partial charge on any atom is 0.343 e. The molecule has 0 aliphatic carbocycles. The number of benzene rings is 3. The first-order valence-electron chi connectivity index (χ1n) is 9.16. The lowest BCUT2D eigenvalue weighted by Gasteiger charge is -2.10. The molecule has 150 valence electrons. The van der Waals surface area contributed by atoms with Gasteiger partial charge in [0.15, 0.2) is 0 Å². The highest BCUT2D eigenvalue weighted by molar-refractivity contribution is 5.95. The number of fused-ring (bicyclic) bond motifs is 1. The van der Waals surface area contributed by atoms with Crippen LogP contribution >= 0.6 is 0 Å². The van der Waals surface area contributed by atoms with Gasteiger partial charge in [0.1, 0.15) is 22.8 Å². The van der Waals surface area contributed by atoms with Gasteiger partial charge >= 0.3 is 11.6 Å². The number of hydrogen-bond donors (Lipinski definition) is 0. The van der Waals surface area contributed by atoms with E-state index in [0.717, 1.165) is 16.5 Å². The molecular weight excluding hydrogens is 384 g/mol. The molecular formula is C24H18O6. The van der Waals surface area contributed by atoms with Gasteiger partial charge in [-0.25, -0.2) is 9.59 Å². The fraction of sp³-hybridized carbons (Fsp3) is 0.0833. The molecule has 0 bridgehead atoms. The summed E-state index contributed by atoms with van der Waals surface area (Å²) < 4.78 is 21.2. The first-order chi connectivity index (χ1) is 14.6. The Hall–Kier alpha value is -4.06. The van der Waals surface area contributed by atoms with Gasteiger partial charge in [0.05, 0.1) is 19.8 Å². The lowest BCUT2D eigenvalue weighted by atomic mass is 10.0. The molecule has 4 rings (SSSR count). The number of carbonyl (C=O) groups is 1. The second kappa shape index (κ2) is 8.13. The van der Waals surface area contributed by atoms with E-state index in [9.17, 15) is 9.59 Å². The molecule has 1 aromatic heterocycles. The van der Waals surface area contributed by atoms with Crippen molar-refractivity contribution in [1.82, 2.24) is 0 Å². The lowest BCUT2D eigenvalue weighted by Crippen LogP contribution is -2.09. The van der Waals surface area contributed by atoms with Gasteiger partial charge in [-0.2, -0.15) is 0 Å². The molecule has 0 radical (unpaired) electrons. The molecule has 30 heavy (non-hydrogen) atoms. The molecule has 4 aromatic rings. The van der Waals surface area contributed by atoms with Crippen LogP contribution in [0.1, 0.15) is 10.4 Å². The zero-order chi connectivity index (χ0) is 21.1. The van der Waals surface area contributed by atoms with Crippen LogP contribution in [0.25, 0.3) is 22.1 Å². The molecule has 0 amide bonds. The zero-order valence-corrected chi connectivity index (χ0v) is 16.4. The van der Waals surface area contributed by atoms with Gasteiger partial charge in [-0.15, -0.1) is 0 Å². The van der Waals surface area contributed by atoms with Crippen molar-refractivity contribution in [1.29, 1.82) is 0 Å². The van der Waals surface area contributed by atoms with E-state index in [1.807, 2.05) is 30.3 Å². The largest absolute Gasteiger partial charge is 0.497 e. The van der Waals surface area contributed by atoms with Crippen molar-refractivity contribution < 1.29 is 23.4 Å². The number of ether oxygens (including phenoxy) is 3. The molecule has 0 atom stereocenters. The summed E-state index contributed by atoms with van der Waals surface area (Å²) >= 11 is 0. The smallest absolute Gasteiger partial charge is 0.343 e. The van der Waals surface area contributed by atoms with Crippen LogP contribution in [0.2, 0.25) is 0 Å². The van der Waals surface area contributed by atoms with E-state index in [1.54, 1.807) is 30.3 Å². The molecule has 6 nitrogen and oxygen atoms in total. The Kier molecular flexibility index (Phi) is 5.22. The number of methoxy groups -OCH3 is 2. The Labute approximate surface area is 172 Å². The van der Waals surface area contributed by atoms with Crippen molar-refractivity contribution in [3.8, 4) is 28.4 Å². The number of carbonyl (C=O) groups excluding carboxylic acids is 1. The summed E-state index contributed by atoms with van der Waals surface area (Å²) in [5.41, 5.74) is 1.75. The Bertz CT molecular complexity index is 1250. The summed E-state index contributed by atoms with van der Waals surface area (Å²) in [4.78, 5) is 24.7. The summed E-state index contributed by atoms with van der Waals surface area (Å²) in [7, 11) is 3.00. The minimum absolute atomic E-state index is 0.252. The quantitative estimate of drug-likeness (QED) is 0.274. The zero-order valence-electron chi connectivity index (χ0n) is 16.4. The molecule has 0 aliphatic heterocycles. The third-order valence-electron chi connectivity index (χ3n) is 4.60. The average Bonchev–Trinajstić information content (AvgIpc) is 2.78. The van der Waals surface area contributed by atoms with Crippen LogP contribution in [0, 0.1) is 0 Å². The van der Waals surface area contributed by atoms with Gasteiger partial charge in [-0.05, 0) is 35.4 Å². The van der Waals surface area contributed by atoms with Crippen molar-refractivity contribution >= 4 is 16.9 Å². The van der Waals surface area contributed by atoms with Gasteiger partial charge in [0.25, 0.3) is 0 Å². The SMILES string of the molecule is COc1cc(OC)cc(C(=O)Oc2ccc3c(-c4ccccc4)cc(=O)oc3c2)c1. The van der Waals surface area contributed by atoms with Gasteiger partial charge in [0, 0.05) is 23.6 Å². The fourth-order valence-corrected chi connectivity index (χ4v) is 3.15. The third kappa shape index (κ3) is 3.89. The number of rotatable bonds is 5. The highest BCUT2D eigenvalue weighted by Crippen LogP contribution is 2.30. The van der Waals surface area contributed by atoms with Gasteiger partial charge in [-0.3, -0.25) is 0 Å². The second-order valence-corrected chi connectivity index (χ2v) is 6.49. The van der Waals surface area contributed by atoms with Crippen molar-refractivity contribution in [3.63, 3.8) is 0 Å². The molecule has 0 saturated carbocycles. The highest BCUT2D eigenvalue weighted by Gasteiger charge is 2.14. The minimum Gasteiger partial charge on any atom is -0.497 e. The van der Waals surface area contributed by atoms with E-state index < -0.39 is 11.6 Å². The predicted octanol–water partition coefficient (Wildman–Crippen LogP) is 4.70. The topological polar surface area (TPSA) is 75.0 Å². The summed E-state index contributed by atoms with van der Waals surface area (Å²) in [6, 6.07) is 20.7. The lowest BCUT2D eigenvalue weighted by molar-refractivity contribution is 0.0734. The maximum atomic E-state index is 12.6. The van der Waals surface area contributed by atoms with Crippen molar-refractivity contribution in [2.45, 2.75) is 0 Å². The van der Waals surface area contributed by atoms with E-state index in [0.29, 0.717) is 17.1 Å². The summed E-state index contributed by atoms with van der Waals surface area (Å²) in [6.07, 6.45) is 0. The normalized spacial score (nSPS) is 10.6. The second-order valence-electron chi connectivity index (χ2n) is 6.49. The Morgan fingerprint density at radius 3 is 2.17 bits per heavy atom. The van der Waals surface area contributed by atoms with E-state index in [2.05, 4.69) is 0 Å². The Morgan fingerprint density at radius 1 is 0.800 bits per heavy atom.